The van der Waals surface area contributed by atoms with Crippen LogP contribution in [0.2, 0.25) is 0 Å². The highest BCUT2D eigenvalue weighted by atomic mass is 19.3. The molecule has 1 fully saturated rings. The van der Waals surface area contributed by atoms with Gasteiger partial charge < -0.3 is 19.9 Å². The molecule has 4 rings (SSSR count). The van der Waals surface area contributed by atoms with Gasteiger partial charge in [0.15, 0.2) is 0 Å². The lowest BCUT2D eigenvalue weighted by atomic mass is 9.84. The Morgan fingerprint density at radius 1 is 1.19 bits per heavy atom. The van der Waals surface area contributed by atoms with Gasteiger partial charge in [-0.1, -0.05) is 18.2 Å². The fraction of sp³-hybridized carbons (Fsp3) is 0.444. The molecule has 2 N–H and O–H groups in total. The third-order valence-electron chi connectivity index (χ3n) is 7.50. The number of hydrogen-bond donors (Lipinski definition) is 2. The number of anilines is 1. The number of rotatable bonds is 5. The van der Waals surface area contributed by atoms with Gasteiger partial charge in [-0.2, -0.15) is 0 Å². The van der Waals surface area contributed by atoms with Crippen LogP contribution in [-0.2, 0) is 17.4 Å². The SMILES string of the molecule is CC(=O)N1CCC(O)(c2cc3c(N[C@H](C)c4cccc(C(F)F)c4F)nc(C)c(C)c3n(C)c2=O)CC1. The van der Waals surface area contributed by atoms with Crippen LogP contribution in [0.5, 0.6) is 0 Å². The van der Waals surface area contributed by atoms with Crippen molar-refractivity contribution >= 4 is 22.6 Å². The monoisotopic (exact) mass is 516 g/mol. The van der Waals surface area contributed by atoms with Crippen molar-refractivity contribution in [2.75, 3.05) is 18.4 Å². The zero-order chi connectivity index (χ0) is 27.2. The number of benzene rings is 1. The lowest BCUT2D eigenvalue weighted by Crippen LogP contribution is -2.47. The third-order valence-corrected chi connectivity index (χ3v) is 7.50. The first-order valence-corrected chi connectivity index (χ1v) is 12.2. The molecule has 37 heavy (non-hydrogen) atoms. The number of nitrogens with zero attached hydrogens (tertiary/aromatic N) is 3. The summed E-state index contributed by atoms with van der Waals surface area (Å²) in [5.41, 5.74) is -0.202. The van der Waals surface area contributed by atoms with E-state index >= 15 is 0 Å². The molecule has 0 spiro atoms. The molecule has 0 radical (unpaired) electrons. The Morgan fingerprint density at radius 3 is 2.41 bits per heavy atom. The number of hydrogen-bond acceptors (Lipinski definition) is 5. The highest BCUT2D eigenvalue weighted by Crippen LogP contribution is 2.36. The van der Waals surface area contributed by atoms with E-state index in [1.165, 1.54) is 23.6 Å². The smallest absolute Gasteiger partial charge is 0.266 e. The second kappa shape index (κ2) is 9.81. The van der Waals surface area contributed by atoms with Crippen LogP contribution in [0.3, 0.4) is 0 Å². The maximum Gasteiger partial charge on any atom is 0.266 e. The van der Waals surface area contributed by atoms with Gasteiger partial charge in [0.2, 0.25) is 5.91 Å². The van der Waals surface area contributed by atoms with Gasteiger partial charge in [0.25, 0.3) is 12.0 Å². The van der Waals surface area contributed by atoms with Crippen LogP contribution in [-0.4, -0.2) is 38.6 Å². The van der Waals surface area contributed by atoms with E-state index in [-0.39, 0.29) is 35.4 Å². The molecule has 1 aliphatic rings. The molecule has 0 saturated carbocycles. The minimum absolute atomic E-state index is 0.0613. The largest absolute Gasteiger partial charge is 0.385 e. The molecule has 10 heteroatoms. The highest BCUT2D eigenvalue weighted by molar-refractivity contribution is 5.93. The molecule has 0 bridgehead atoms. The van der Waals surface area contributed by atoms with E-state index in [2.05, 4.69) is 10.3 Å². The molecule has 1 amide bonds. The third kappa shape index (κ3) is 4.70. The maximum atomic E-state index is 14.8. The number of aliphatic hydroxyl groups is 1. The number of alkyl halides is 2. The Bertz CT molecular complexity index is 1430. The molecular formula is C27H31F3N4O3. The van der Waals surface area contributed by atoms with E-state index in [1.54, 1.807) is 31.9 Å². The average molecular weight is 517 g/mol. The number of piperidine rings is 1. The van der Waals surface area contributed by atoms with Gasteiger partial charge in [-0.15, -0.1) is 0 Å². The summed E-state index contributed by atoms with van der Waals surface area (Å²) in [6.07, 6.45) is -2.53. The van der Waals surface area contributed by atoms with Gasteiger partial charge in [0.1, 0.15) is 11.6 Å². The topological polar surface area (TPSA) is 87.5 Å². The first kappa shape index (κ1) is 26.7. The van der Waals surface area contributed by atoms with Crippen LogP contribution in [0.1, 0.15) is 67.1 Å². The van der Waals surface area contributed by atoms with Crippen LogP contribution < -0.4 is 10.9 Å². The standard InChI is InChI=1S/C27H31F3N4O3/c1-14-15(2)31-25(32-16(3)18-7-6-8-19(22(18)28)24(29)30)20-13-21(26(36)33(5)23(14)20)27(37)9-11-34(12-10-27)17(4)35/h6-8,13,16,24,37H,9-12H2,1-5H3,(H,31,32)/t16-/m1/s1. The molecule has 7 nitrogen and oxygen atoms in total. The predicted octanol–water partition coefficient (Wildman–Crippen LogP) is 4.63. The van der Waals surface area contributed by atoms with E-state index < -0.39 is 29.4 Å². The van der Waals surface area contributed by atoms with E-state index in [1.807, 2.05) is 6.92 Å². The number of amides is 1. The van der Waals surface area contributed by atoms with Crippen LogP contribution in [0.25, 0.3) is 10.9 Å². The molecule has 1 aliphatic heterocycles. The Hall–Kier alpha value is -3.40. The molecule has 0 aliphatic carbocycles. The number of halogens is 3. The summed E-state index contributed by atoms with van der Waals surface area (Å²) < 4.78 is 42.8. The van der Waals surface area contributed by atoms with Gasteiger partial charge in [-0.3, -0.25) is 9.59 Å². The second-order valence-corrected chi connectivity index (χ2v) is 9.81. The molecular weight excluding hydrogens is 485 g/mol. The van der Waals surface area contributed by atoms with Crippen molar-refractivity contribution in [1.29, 1.82) is 0 Å². The number of likely N-dealkylation sites (tertiary alicyclic amines) is 1. The summed E-state index contributed by atoms with van der Waals surface area (Å²) in [6, 6.07) is 4.77. The van der Waals surface area contributed by atoms with E-state index in [0.717, 1.165) is 11.6 Å². The van der Waals surface area contributed by atoms with Gasteiger partial charge in [0, 0.05) is 49.3 Å². The lowest BCUT2D eigenvalue weighted by Gasteiger charge is -2.38. The summed E-state index contributed by atoms with van der Waals surface area (Å²) in [4.78, 5) is 31.4. The van der Waals surface area contributed by atoms with Crippen molar-refractivity contribution in [3.8, 4) is 0 Å². The van der Waals surface area contributed by atoms with E-state index in [0.29, 0.717) is 35.5 Å². The molecule has 2 aromatic heterocycles. The number of pyridine rings is 2. The van der Waals surface area contributed by atoms with Crippen molar-refractivity contribution in [3.05, 3.63) is 68.4 Å². The number of fused-ring (bicyclic) bond motifs is 1. The van der Waals surface area contributed by atoms with Crippen LogP contribution in [0, 0.1) is 19.7 Å². The number of aryl methyl sites for hydroxylation is 3. The lowest BCUT2D eigenvalue weighted by molar-refractivity contribution is -0.133. The molecule has 0 unspecified atom stereocenters. The van der Waals surface area contributed by atoms with Crippen molar-refractivity contribution < 1.29 is 23.1 Å². The van der Waals surface area contributed by atoms with Crippen molar-refractivity contribution in [1.82, 2.24) is 14.5 Å². The van der Waals surface area contributed by atoms with Gasteiger partial charge in [-0.25, -0.2) is 18.2 Å². The summed E-state index contributed by atoms with van der Waals surface area (Å²) in [7, 11) is 1.62. The fourth-order valence-corrected chi connectivity index (χ4v) is 5.11. The predicted molar refractivity (Wildman–Crippen MR) is 135 cm³/mol. The number of carbonyl (C=O) groups excluding carboxylic acids is 1. The van der Waals surface area contributed by atoms with Crippen molar-refractivity contribution in [2.45, 2.75) is 58.6 Å². The summed E-state index contributed by atoms with van der Waals surface area (Å²) in [6.45, 7) is 7.37. The number of carbonyl (C=O) groups is 1. The zero-order valence-corrected chi connectivity index (χ0v) is 21.5. The van der Waals surface area contributed by atoms with E-state index in [4.69, 9.17) is 0 Å². The normalized spacial score (nSPS) is 16.3. The van der Waals surface area contributed by atoms with Crippen molar-refractivity contribution in [3.63, 3.8) is 0 Å². The van der Waals surface area contributed by atoms with Gasteiger partial charge in [0.05, 0.1) is 22.7 Å². The molecule has 3 heterocycles. The molecule has 1 saturated heterocycles. The molecule has 1 aromatic carbocycles. The first-order valence-electron chi connectivity index (χ1n) is 12.2. The zero-order valence-electron chi connectivity index (χ0n) is 21.5. The first-order chi connectivity index (χ1) is 17.4. The molecule has 1 atom stereocenters. The Balaban J connectivity index is 1.83. The van der Waals surface area contributed by atoms with Gasteiger partial charge in [-0.05, 0) is 45.2 Å². The maximum absolute atomic E-state index is 14.8. The minimum Gasteiger partial charge on any atom is -0.385 e. The minimum atomic E-state index is -2.94. The second-order valence-electron chi connectivity index (χ2n) is 9.81. The van der Waals surface area contributed by atoms with Crippen LogP contribution in [0.4, 0.5) is 19.0 Å². The highest BCUT2D eigenvalue weighted by Gasteiger charge is 2.38. The summed E-state index contributed by atoms with van der Waals surface area (Å²) in [5.74, 6) is -0.730. The molecule has 198 valence electrons. The number of aromatic nitrogens is 2. The van der Waals surface area contributed by atoms with Crippen LogP contribution in [0.15, 0.2) is 29.1 Å². The Kier molecular flexibility index (Phi) is 7.07. The quantitative estimate of drug-likeness (QED) is 0.517. The summed E-state index contributed by atoms with van der Waals surface area (Å²) in [5, 5.41) is 15.2. The van der Waals surface area contributed by atoms with E-state index in [9.17, 15) is 27.9 Å². The van der Waals surface area contributed by atoms with Gasteiger partial charge >= 0.3 is 0 Å². The average Bonchev–Trinajstić information content (AvgIpc) is 2.84. The molecule has 3 aromatic rings. The Labute approximate surface area is 212 Å². The van der Waals surface area contributed by atoms with Crippen LogP contribution >= 0.6 is 0 Å². The Morgan fingerprint density at radius 2 is 1.81 bits per heavy atom. The number of nitrogens with one attached hydrogen (secondary N) is 1. The summed E-state index contributed by atoms with van der Waals surface area (Å²) >= 11 is 0. The van der Waals surface area contributed by atoms with Crippen molar-refractivity contribution in [2.24, 2.45) is 7.05 Å². The fourth-order valence-electron chi connectivity index (χ4n) is 5.11.